The standard InChI is InChI=1S/C78H153NO5/c1-3-5-7-9-11-13-15-17-19-21-36-40-44-48-52-56-60-64-68-72-78(83)84-73-69-65-61-57-53-49-45-41-38-35-33-31-29-27-25-23-22-24-26-28-30-32-34-37-39-43-47-51-55-59-63-67-71-77(82)79-75(74-80)76(81)70-66-62-58-54-50-46-42-20-18-16-14-12-10-8-6-4-2/h17,19,75-76,80-81H,3-16,18,20-74H2,1-2H3,(H,79,82)/b19-17-. The molecule has 0 spiro atoms. The molecule has 0 rings (SSSR count). The van der Waals surface area contributed by atoms with Crippen LogP contribution in [-0.2, 0) is 14.3 Å². The van der Waals surface area contributed by atoms with Crippen LogP contribution in [0.15, 0.2) is 12.2 Å². The van der Waals surface area contributed by atoms with Gasteiger partial charge in [-0.3, -0.25) is 9.59 Å². The van der Waals surface area contributed by atoms with Gasteiger partial charge >= 0.3 is 5.97 Å². The van der Waals surface area contributed by atoms with E-state index in [1.54, 1.807) is 0 Å². The molecule has 0 bridgehead atoms. The minimum absolute atomic E-state index is 0.0220. The Morgan fingerprint density at radius 2 is 0.560 bits per heavy atom. The van der Waals surface area contributed by atoms with Crippen LogP contribution in [0, 0.1) is 0 Å². The molecule has 0 aromatic carbocycles. The van der Waals surface area contributed by atoms with Gasteiger partial charge in [0.25, 0.3) is 0 Å². The van der Waals surface area contributed by atoms with Crippen molar-refractivity contribution in [2.24, 2.45) is 0 Å². The molecule has 84 heavy (non-hydrogen) atoms. The van der Waals surface area contributed by atoms with Gasteiger partial charge in [-0.1, -0.05) is 398 Å². The number of aliphatic hydroxyl groups excluding tert-OH is 2. The van der Waals surface area contributed by atoms with Crippen LogP contribution in [0.1, 0.15) is 450 Å². The molecule has 0 radical (unpaired) electrons. The van der Waals surface area contributed by atoms with Gasteiger partial charge in [0.05, 0.1) is 25.4 Å². The lowest BCUT2D eigenvalue weighted by Crippen LogP contribution is -2.45. The molecule has 0 aromatic heterocycles. The van der Waals surface area contributed by atoms with Gasteiger partial charge in [-0.05, 0) is 51.4 Å². The highest BCUT2D eigenvalue weighted by Gasteiger charge is 2.20. The Bertz CT molecular complexity index is 1270. The third kappa shape index (κ3) is 69.7. The van der Waals surface area contributed by atoms with Crippen molar-refractivity contribution in [1.82, 2.24) is 5.32 Å². The lowest BCUT2D eigenvalue weighted by Gasteiger charge is -2.22. The fourth-order valence-electron chi connectivity index (χ4n) is 12.6. The first-order valence-corrected chi connectivity index (χ1v) is 38.9. The molecule has 0 saturated heterocycles. The summed E-state index contributed by atoms with van der Waals surface area (Å²) in [4.78, 5) is 24.7. The average molecular weight is 1190 g/mol. The van der Waals surface area contributed by atoms with Crippen molar-refractivity contribution in [1.29, 1.82) is 0 Å². The summed E-state index contributed by atoms with van der Waals surface area (Å²) >= 11 is 0. The zero-order chi connectivity index (χ0) is 60.6. The Labute approximate surface area is 527 Å². The van der Waals surface area contributed by atoms with Gasteiger partial charge in [0.1, 0.15) is 0 Å². The first-order chi connectivity index (χ1) is 41.5. The van der Waals surface area contributed by atoms with E-state index in [-0.39, 0.29) is 18.5 Å². The van der Waals surface area contributed by atoms with E-state index in [0.717, 1.165) is 38.5 Å². The Morgan fingerprint density at radius 3 is 0.845 bits per heavy atom. The highest BCUT2D eigenvalue weighted by atomic mass is 16.5. The lowest BCUT2D eigenvalue weighted by molar-refractivity contribution is -0.143. The van der Waals surface area contributed by atoms with Gasteiger partial charge in [0.2, 0.25) is 5.91 Å². The third-order valence-electron chi connectivity index (χ3n) is 18.6. The molecule has 6 nitrogen and oxygen atoms in total. The van der Waals surface area contributed by atoms with Crippen molar-refractivity contribution in [3.63, 3.8) is 0 Å². The maximum atomic E-state index is 12.5. The number of carbonyl (C=O) groups is 2. The minimum Gasteiger partial charge on any atom is -0.466 e. The summed E-state index contributed by atoms with van der Waals surface area (Å²) in [6.07, 6.45) is 93.0. The summed E-state index contributed by atoms with van der Waals surface area (Å²) in [5, 5.41) is 23.4. The van der Waals surface area contributed by atoms with Crippen LogP contribution in [-0.4, -0.2) is 47.4 Å². The summed E-state index contributed by atoms with van der Waals surface area (Å²) in [5.41, 5.74) is 0. The predicted octanol–water partition coefficient (Wildman–Crippen LogP) is 25.5. The van der Waals surface area contributed by atoms with Gasteiger partial charge in [-0.15, -0.1) is 0 Å². The molecular formula is C78H153NO5. The molecule has 0 aliphatic heterocycles. The van der Waals surface area contributed by atoms with Crippen LogP contribution in [0.5, 0.6) is 0 Å². The summed E-state index contributed by atoms with van der Waals surface area (Å²) in [7, 11) is 0. The average Bonchev–Trinajstić information content (AvgIpc) is 3.50. The number of nitrogens with one attached hydrogen (secondary N) is 1. The van der Waals surface area contributed by atoms with E-state index in [0.29, 0.717) is 25.9 Å². The Balaban J connectivity index is 3.30. The van der Waals surface area contributed by atoms with E-state index in [4.69, 9.17) is 4.74 Å². The van der Waals surface area contributed by atoms with E-state index in [9.17, 15) is 19.8 Å². The van der Waals surface area contributed by atoms with E-state index < -0.39 is 12.1 Å². The number of hydrogen-bond donors (Lipinski definition) is 3. The van der Waals surface area contributed by atoms with Gasteiger partial charge < -0.3 is 20.3 Å². The first kappa shape index (κ1) is 82.6. The normalized spacial score (nSPS) is 12.5. The molecular weight excluding hydrogens is 1030 g/mol. The molecule has 6 heteroatoms. The van der Waals surface area contributed by atoms with Crippen LogP contribution >= 0.6 is 0 Å². The highest BCUT2D eigenvalue weighted by molar-refractivity contribution is 5.76. The highest BCUT2D eigenvalue weighted by Crippen LogP contribution is 2.20. The SMILES string of the molecule is CCCCCCCC/C=C\CCCCCCCCCCCC(=O)OCCCCCCCCCCCCCCCCCCCCCCCCCCCCCCCCCCC(=O)NC(CO)C(O)CCCCCCCCCCCCCCCCCC. The smallest absolute Gasteiger partial charge is 0.305 e. The molecule has 2 atom stereocenters. The first-order valence-electron chi connectivity index (χ1n) is 38.9. The summed E-state index contributed by atoms with van der Waals surface area (Å²) < 4.78 is 5.52. The maximum absolute atomic E-state index is 12.5. The van der Waals surface area contributed by atoms with E-state index in [2.05, 4.69) is 31.3 Å². The summed E-state index contributed by atoms with van der Waals surface area (Å²) in [6, 6.07) is -0.537. The number of ether oxygens (including phenoxy) is 1. The van der Waals surface area contributed by atoms with Crippen LogP contribution in [0.3, 0.4) is 0 Å². The number of rotatable bonds is 74. The van der Waals surface area contributed by atoms with Gasteiger partial charge in [0.15, 0.2) is 0 Å². The maximum Gasteiger partial charge on any atom is 0.305 e. The van der Waals surface area contributed by atoms with Crippen molar-refractivity contribution < 1.29 is 24.5 Å². The monoisotopic (exact) mass is 1180 g/mol. The van der Waals surface area contributed by atoms with Gasteiger partial charge in [0, 0.05) is 12.8 Å². The zero-order valence-corrected chi connectivity index (χ0v) is 57.4. The van der Waals surface area contributed by atoms with Crippen molar-refractivity contribution in [3.8, 4) is 0 Å². The Hall–Kier alpha value is -1.40. The number of hydrogen-bond acceptors (Lipinski definition) is 5. The Kier molecular flexibility index (Phi) is 72.8. The van der Waals surface area contributed by atoms with E-state index in [1.165, 1.54) is 379 Å². The molecule has 2 unspecified atom stereocenters. The number of amides is 1. The number of unbranched alkanes of at least 4 members (excludes halogenated alkanes) is 61. The topological polar surface area (TPSA) is 95.9 Å². The van der Waals surface area contributed by atoms with Crippen molar-refractivity contribution in [3.05, 3.63) is 12.2 Å². The lowest BCUT2D eigenvalue weighted by atomic mass is 10.0. The number of carbonyl (C=O) groups excluding carboxylic acids is 2. The largest absolute Gasteiger partial charge is 0.466 e. The van der Waals surface area contributed by atoms with Gasteiger partial charge in [-0.25, -0.2) is 0 Å². The van der Waals surface area contributed by atoms with E-state index >= 15 is 0 Å². The van der Waals surface area contributed by atoms with Crippen molar-refractivity contribution >= 4 is 11.9 Å². The van der Waals surface area contributed by atoms with Crippen LogP contribution in [0.25, 0.3) is 0 Å². The van der Waals surface area contributed by atoms with Crippen molar-refractivity contribution in [2.45, 2.75) is 463 Å². The molecule has 0 saturated carbocycles. The zero-order valence-electron chi connectivity index (χ0n) is 57.4. The Morgan fingerprint density at radius 1 is 0.321 bits per heavy atom. The number of allylic oxidation sites excluding steroid dienone is 2. The van der Waals surface area contributed by atoms with Crippen LogP contribution in [0.4, 0.5) is 0 Å². The molecule has 0 aromatic rings. The molecule has 500 valence electrons. The number of aliphatic hydroxyl groups is 2. The molecule has 1 amide bonds. The second-order valence-electron chi connectivity index (χ2n) is 27.0. The van der Waals surface area contributed by atoms with Gasteiger partial charge in [-0.2, -0.15) is 0 Å². The molecule has 0 aliphatic rings. The van der Waals surface area contributed by atoms with Crippen molar-refractivity contribution in [2.75, 3.05) is 13.2 Å². The molecule has 0 heterocycles. The summed E-state index contributed by atoms with van der Waals surface area (Å²) in [5.74, 6) is -0.00419. The van der Waals surface area contributed by atoms with E-state index in [1.807, 2.05) is 0 Å². The second kappa shape index (κ2) is 74.1. The molecule has 0 fully saturated rings. The van der Waals surface area contributed by atoms with Crippen LogP contribution in [0.2, 0.25) is 0 Å². The molecule has 3 N–H and O–H groups in total. The minimum atomic E-state index is -0.660. The number of esters is 1. The predicted molar refractivity (Wildman–Crippen MR) is 370 cm³/mol. The van der Waals surface area contributed by atoms with Crippen LogP contribution < -0.4 is 5.32 Å². The third-order valence-corrected chi connectivity index (χ3v) is 18.6. The quantitative estimate of drug-likeness (QED) is 0.0320. The fourth-order valence-corrected chi connectivity index (χ4v) is 12.6. The fraction of sp³-hybridized carbons (Fsp3) is 0.949. The molecule has 0 aliphatic carbocycles. The second-order valence-corrected chi connectivity index (χ2v) is 27.0. The summed E-state index contributed by atoms with van der Waals surface area (Å²) in [6.45, 7) is 5.00.